The Labute approximate surface area is 167 Å². The molecule has 0 spiro atoms. The Kier molecular flexibility index (Phi) is 5.13. The summed E-state index contributed by atoms with van der Waals surface area (Å²) in [6.07, 6.45) is 5.82. The van der Waals surface area contributed by atoms with E-state index in [0.717, 1.165) is 24.3 Å². The molecule has 0 fully saturated rings. The Bertz CT molecular complexity index is 1290. The van der Waals surface area contributed by atoms with Gasteiger partial charge in [0.25, 0.3) is 5.69 Å². The molecule has 0 amide bonds. The van der Waals surface area contributed by atoms with Gasteiger partial charge < -0.3 is 5.11 Å². The van der Waals surface area contributed by atoms with E-state index in [1.807, 2.05) is 0 Å². The number of non-ortho nitro benzene ring substituents is 1. The van der Waals surface area contributed by atoms with E-state index >= 15 is 0 Å². The molecule has 30 heavy (non-hydrogen) atoms. The third-order valence-electron chi connectivity index (χ3n) is 3.95. The van der Waals surface area contributed by atoms with Gasteiger partial charge in [0.1, 0.15) is 11.4 Å². The Morgan fingerprint density at radius 2 is 1.67 bits per heavy atom. The third kappa shape index (κ3) is 3.90. The monoisotopic (exact) mass is 434 g/mol. The number of benzene rings is 1. The molecule has 0 aromatic heterocycles. The summed E-state index contributed by atoms with van der Waals surface area (Å²) in [4.78, 5) is 31.9. The molecule has 2 aliphatic rings. The van der Waals surface area contributed by atoms with E-state index in [-0.39, 0.29) is 21.7 Å². The van der Waals surface area contributed by atoms with Crippen LogP contribution in [0.25, 0.3) is 0 Å². The zero-order valence-electron chi connectivity index (χ0n) is 14.5. The Morgan fingerprint density at radius 3 is 2.27 bits per heavy atom. The molecule has 154 valence electrons. The van der Waals surface area contributed by atoms with Crippen LogP contribution in [0.2, 0.25) is 0 Å². The van der Waals surface area contributed by atoms with E-state index < -0.39 is 48.5 Å². The highest BCUT2D eigenvalue weighted by Crippen LogP contribution is 2.40. The van der Waals surface area contributed by atoms with Crippen LogP contribution < -0.4 is 0 Å². The van der Waals surface area contributed by atoms with Gasteiger partial charge in [-0.2, -0.15) is 0 Å². The number of aromatic hydroxyl groups is 1. The predicted octanol–water partition coefficient (Wildman–Crippen LogP) is 2.58. The van der Waals surface area contributed by atoms with Crippen molar-refractivity contribution < 1.29 is 33.1 Å². The summed E-state index contributed by atoms with van der Waals surface area (Å²) in [5.41, 5.74) is -2.21. The van der Waals surface area contributed by atoms with Crippen LogP contribution in [0.5, 0.6) is 5.75 Å². The molecular weight excluding hydrogens is 424 g/mol. The number of carbonyl (C=O) groups excluding carboxylic acids is 1. The maximum absolute atomic E-state index is 12.2. The molecule has 1 aromatic rings. The summed E-state index contributed by atoms with van der Waals surface area (Å²) < 4.78 is 29.9. The average Bonchev–Trinajstić information content (AvgIpc) is 2.66. The first kappa shape index (κ1) is 20.7. The van der Waals surface area contributed by atoms with Crippen molar-refractivity contribution in [2.75, 3.05) is 0 Å². The van der Waals surface area contributed by atoms with Gasteiger partial charge >= 0.3 is 5.69 Å². The van der Waals surface area contributed by atoms with Crippen LogP contribution in [0, 0.1) is 20.2 Å². The van der Waals surface area contributed by atoms with Gasteiger partial charge in [0, 0.05) is 11.6 Å². The second-order valence-electron chi connectivity index (χ2n) is 5.84. The van der Waals surface area contributed by atoms with Gasteiger partial charge in [-0.1, -0.05) is 12.2 Å². The van der Waals surface area contributed by atoms with Gasteiger partial charge in [-0.05, 0) is 23.8 Å². The lowest BCUT2D eigenvalue weighted by Gasteiger charge is -2.16. The van der Waals surface area contributed by atoms with Crippen molar-refractivity contribution in [3.8, 4) is 5.75 Å². The Balaban J connectivity index is 2.13. The Hall–Kier alpha value is -4.01. The maximum Gasteiger partial charge on any atom is 0.319 e. The lowest BCUT2D eigenvalue weighted by Crippen LogP contribution is -2.14. The zero-order valence-corrected chi connectivity index (χ0v) is 15.3. The standard InChI is InChI=1S/C16H10N4O9S/c21-14-4-1-8-5-10(30(27,28)29)2-3-11(8)15(14)18-17-12-6-9(19(23)24)7-13(16(12)22)20(25)26/h1-7,22H,(H2,27,28,29). The number of carbonyl (C=O) groups is 1. The number of phenolic OH excluding ortho intramolecular Hbond substituents is 1. The summed E-state index contributed by atoms with van der Waals surface area (Å²) in [6.45, 7) is 0. The van der Waals surface area contributed by atoms with Crippen LogP contribution in [0.1, 0.15) is 0 Å². The summed E-state index contributed by atoms with van der Waals surface area (Å²) in [7, 11) is -4.25. The van der Waals surface area contributed by atoms with Crippen molar-refractivity contribution in [2.24, 2.45) is 10.2 Å². The molecule has 2 aliphatic carbocycles. The first-order chi connectivity index (χ1) is 14.0. The van der Waals surface area contributed by atoms with Crippen molar-refractivity contribution in [3.05, 3.63) is 79.6 Å². The van der Waals surface area contributed by atoms with Crippen LogP contribution in [0.3, 0.4) is 0 Å². The number of allylic oxidation sites excluding steroid dienone is 7. The highest BCUT2D eigenvalue weighted by Gasteiger charge is 2.25. The molecule has 1 aromatic carbocycles. The SMILES string of the molecule is O=C1C=CC2=CC(=S(=O)(O)O)C=CC2=C1N=Nc1cc([N+](=O)[O-])cc([N+](=O)[O-])c1O. The minimum absolute atomic E-state index is 0.151. The number of nitrogens with zero attached hydrogens (tertiary/aromatic N) is 4. The Morgan fingerprint density at radius 1 is 0.967 bits per heavy atom. The predicted molar refractivity (Wildman–Crippen MR) is 103 cm³/mol. The lowest BCUT2D eigenvalue weighted by atomic mass is 9.92. The van der Waals surface area contributed by atoms with E-state index in [0.29, 0.717) is 6.07 Å². The molecule has 3 rings (SSSR count). The molecule has 0 unspecified atom stereocenters. The van der Waals surface area contributed by atoms with Crippen LogP contribution in [-0.4, -0.2) is 38.9 Å². The fourth-order valence-electron chi connectivity index (χ4n) is 2.55. The van der Waals surface area contributed by atoms with Crippen molar-refractivity contribution in [1.29, 1.82) is 0 Å². The van der Waals surface area contributed by atoms with Gasteiger partial charge in [-0.3, -0.25) is 34.1 Å². The molecule has 0 heterocycles. The lowest BCUT2D eigenvalue weighted by molar-refractivity contribution is -0.394. The fourth-order valence-corrected chi connectivity index (χ4v) is 3.08. The second kappa shape index (κ2) is 7.43. The van der Waals surface area contributed by atoms with Gasteiger partial charge in [0.2, 0.25) is 21.6 Å². The number of hydrogen-bond acceptors (Lipinski definition) is 9. The van der Waals surface area contributed by atoms with E-state index in [2.05, 4.69) is 10.2 Å². The van der Waals surface area contributed by atoms with Crippen LogP contribution in [-0.2, 0) is 14.9 Å². The molecule has 14 heteroatoms. The summed E-state index contributed by atoms with van der Waals surface area (Å²) in [5.74, 6) is -1.63. The molecule has 0 saturated carbocycles. The van der Waals surface area contributed by atoms with E-state index in [1.54, 1.807) is 0 Å². The summed E-state index contributed by atoms with van der Waals surface area (Å²) in [5, 5.41) is 39.2. The normalized spacial score (nSPS) is 16.1. The van der Waals surface area contributed by atoms with Crippen LogP contribution in [0.4, 0.5) is 17.1 Å². The number of ketones is 1. The van der Waals surface area contributed by atoms with Crippen LogP contribution >= 0.6 is 0 Å². The number of fused-ring (bicyclic) bond motifs is 1. The molecule has 0 bridgehead atoms. The maximum atomic E-state index is 12.2. The first-order valence-corrected chi connectivity index (χ1v) is 9.26. The van der Waals surface area contributed by atoms with Crippen molar-refractivity contribution in [2.45, 2.75) is 0 Å². The number of azo groups is 1. The van der Waals surface area contributed by atoms with Crippen LogP contribution in [0.15, 0.2) is 69.6 Å². The minimum Gasteiger partial charge on any atom is -0.501 e. The highest BCUT2D eigenvalue weighted by atomic mass is 32.2. The zero-order chi connectivity index (χ0) is 22.2. The minimum atomic E-state index is -4.25. The number of phenols is 1. The van der Waals surface area contributed by atoms with E-state index in [1.165, 1.54) is 12.2 Å². The molecule has 13 nitrogen and oxygen atoms in total. The number of nitro benzene ring substituents is 2. The summed E-state index contributed by atoms with van der Waals surface area (Å²) >= 11 is 0. The smallest absolute Gasteiger partial charge is 0.319 e. The number of rotatable bonds is 4. The fraction of sp³-hybridized carbons (Fsp3) is 0. The molecular formula is C16H10N4O9S. The van der Waals surface area contributed by atoms with Crippen molar-refractivity contribution in [1.82, 2.24) is 0 Å². The molecule has 0 aliphatic heterocycles. The van der Waals surface area contributed by atoms with Crippen molar-refractivity contribution in [3.63, 3.8) is 0 Å². The largest absolute Gasteiger partial charge is 0.501 e. The van der Waals surface area contributed by atoms with Crippen molar-refractivity contribution >= 4 is 37.8 Å². The molecule has 0 atom stereocenters. The van der Waals surface area contributed by atoms with E-state index in [9.17, 15) is 43.4 Å². The quantitative estimate of drug-likeness (QED) is 0.275. The molecule has 0 saturated heterocycles. The third-order valence-corrected chi connectivity index (χ3v) is 4.82. The summed E-state index contributed by atoms with van der Waals surface area (Å²) in [6, 6.07) is 1.29. The number of nitro groups is 2. The highest BCUT2D eigenvalue weighted by molar-refractivity contribution is 7.92. The number of hydrogen-bond donors (Lipinski definition) is 3. The average molecular weight is 434 g/mol. The topological polar surface area (TPSA) is 206 Å². The first-order valence-electron chi connectivity index (χ1n) is 7.79. The van der Waals surface area contributed by atoms with Gasteiger partial charge in [-0.25, -0.2) is 4.21 Å². The second-order valence-corrected chi connectivity index (χ2v) is 7.30. The van der Waals surface area contributed by atoms with Gasteiger partial charge in [0.05, 0.1) is 20.8 Å². The molecule has 3 N–H and O–H groups in total. The van der Waals surface area contributed by atoms with E-state index in [4.69, 9.17) is 0 Å². The molecule has 0 radical (unpaired) electrons. The van der Waals surface area contributed by atoms with Gasteiger partial charge in [-0.15, -0.1) is 10.2 Å². The van der Waals surface area contributed by atoms with Gasteiger partial charge in [0.15, 0.2) is 0 Å².